The van der Waals surface area contributed by atoms with E-state index in [-0.39, 0.29) is 0 Å². The molecular weight excluding hydrogens is 363 g/mol. The molecule has 120 valence electrons. The first kappa shape index (κ1) is 18.0. The summed E-state index contributed by atoms with van der Waals surface area (Å²) in [7, 11) is -0.988. The SMILES string of the molecule is C[Si](C)(C)CCOC[Se]c1ccccc1C#Cc1ccccc1. The first-order valence-electron chi connectivity index (χ1n) is 7.91. The molecule has 0 aromatic heterocycles. The predicted octanol–water partition coefficient (Wildman–Crippen LogP) is 3.73. The zero-order valence-electron chi connectivity index (χ0n) is 14.1. The summed E-state index contributed by atoms with van der Waals surface area (Å²) in [5, 5.41) is 0. The van der Waals surface area contributed by atoms with Crippen molar-refractivity contribution in [3.05, 3.63) is 65.7 Å². The first-order chi connectivity index (χ1) is 11.0. The van der Waals surface area contributed by atoms with Crippen molar-refractivity contribution in [2.75, 3.05) is 12.1 Å². The molecule has 0 saturated carbocycles. The molecule has 2 aromatic rings. The van der Waals surface area contributed by atoms with Gasteiger partial charge in [-0.2, -0.15) is 0 Å². The molecular formula is C20H24OSeSi. The molecule has 0 aliphatic heterocycles. The third kappa shape index (κ3) is 7.20. The van der Waals surface area contributed by atoms with Gasteiger partial charge in [0, 0.05) is 0 Å². The van der Waals surface area contributed by atoms with E-state index in [0.29, 0.717) is 15.0 Å². The Morgan fingerprint density at radius 1 is 0.913 bits per heavy atom. The van der Waals surface area contributed by atoms with Crippen LogP contribution in [0.15, 0.2) is 54.6 Å². The molecule has 0 bridgehead atoms. The van der Waals surface area contributed by atoms with Crippen LogP contribution in [-0.4, -0.2) is 35.1 Å². The van der Waals surface area contributed by atoms with E-state index in [1.807, 2.05) is 30.3 Å². The average molecular weight is 387 g/mol. The summed E-state index contributed by atoms with van der Waals surface area (Å²) in [5.41, 5.74) is 3.02. The summed E-state index contributed by atoms with van der Waals surface area (Å²) in [6.45, 7) is 8.05. The van der Waals surface area contributed by atoms with Crippen molar-refractivity contribution in [1.29, 1.82) is 0 Å². The Morgan fingerprint density at radius 2 is 1.61 bits per heavy atom. The molecule has 0 saturated heterocycles. The van der Waals surface area contributed by atoms with Crippen LogP contribution in [0.4, 0.5) is 0 Å². The zero-order chi connectivity index (χ0) is 16.5. The molecule has 0 radical (unpaired) electrons. The molecule has 0 N–H and O–H groups in total. The van der Waals surface area contributed by atoms with Gasteiger partial charge in [0.2, 0.25) is 0 Å². The molecule has 0 aliphatic carbocycles. The number of hydrogen-bond acceptors (Lipinski definition) is 1. The zero-order valence-corrected chi connectivity index (χ0v) is 16.8. The summed E-state index contributed by atoms with van der Waals surface area (Å²) < 4.78 is 7.18. The minimum atomic E-state index is -0.988. The van der Waals surface area contributed by atoms with Crippen LogP contribution in [0.25, 0.3) is 0 Å². The predicted molar refractivity (Wildman–Crippen MR) is 103 cm³/mol. The number of hydrogen-bond donors (Lipinski definition) is 0. The van der Waals surface area contributed by atoms with Gasteiger partial charge < -0.3 is 0 Å². The van der Waals surface area contributed by atoms with Gasteiger partial charge in [0.05, 0.1) is 0 Å². The van der Waals surface area contributed by atoms with E-state index in [2.05, 4.69) is 55.7 Å². The molecule has 0 atom stereocenters. The third-order valence-corrected chi connectivity index (χ3v) is 7.00. The standard InChI is InChI=1S/C20H24OSeSi/c1-23(2,3)16-15-21-17-22-20-12-8-7-11-19(20)14-13-18-9-5-4-6-10-18/h4-12H,15-17H2,1-3H3. The first-order valence-corrected chi connectivity index (χ1v) is 13.7. The van der Waals surface area contributed by atoms with Crippen LogP contribution in [0.1, 0.15) is 11.1 Å². The second-order valence-electron chi connectivity index (χ2n) is 6.59. The Balaban J connectivity index is 1.92. The average Bonchev–Trinajstić information content (AvgIpc) is 2.53. The van der Waals surface area contributed by atoms with Crippen LogP contribution in [0.5, 0.6) is 0 Å². The third-order valence-electron chi connectivity index (χ3n) is 3.30. The van der Waals surface area contributed by atoms with Crippen molar-refractivity contribution in [1.82, 2.24) is 0 Å². The van der Waals surface area contributed by atoms with Gasteiger partial charge in [-0.15, -0.1) is 0 Å². The van der Waals surface area contributed by atoms with Crippen LogP contribution in [-0.2, 0) is 4.74 Å². The Hall–Kier alpha value is -1.30. The molecule has 0 unspecified atom stereocenters. The van der Waals surface area contributed by atoms with Gasteiger partial charge in [0.25, 0.3) is 0 Å². The van der Waals surface area contributed by atoms with Crippen LogP contribution in [0.3, 0.4) is 0 Å². The van der Waals surface area contributed by atoms with Crippen LogP contribution in [0, 0.1) is 11.8 Å². The Kier molecular flexibility index (Phi) is 7.14. The van der Waals surface area contributed by atoms with Gasteiger partial charge >= 0.3 is 148 Å². The van der Waals surface area contributed by atoms with Gasteiger partial charge in [-0.25, -0.2) is 0 Å². The van der Waals surface area contributed by atoms with Crippen molar-refractivity contribution in [2.45, 2.75) is 25.7 Å². The Bertz CT molecular complexity index is 665. The Morgan fingerprint density at radius 3 is 2.35 bits per heavy atom. The van der Waals surface area contributed by atoms with Crippen LogP contribution in [0.2, 0.25) is 25.7 Å². The summed E-state index contributed by atoms with van der Waals surface area (Å²) in [6.07, 6.45) is 0. The summed E-state index contributed by atoms with van der Waals surface area (Å²) in [5.74, 6) is 6.56. The molecule has 2 rings (SSSR count). The summed E-state index contributed by atoms with van der Waals surface area (Å²) in [6, 6.07) is 19.8. The molecule has 3 heteroatoms. The molecule has 2 aromatic carbocycles. The van der Waals surface area contributed by atoms with E-state index in [1.54, 1.807) is 0 Å². The molecule has 1 nitrogen and oxygen atoms in total. The topological polar surface area (TPSA) is 9.23 Å². The maximum atomic E-state index is 5.85. The van der Waals surface area contributed by atoms with E-state index in [9.17, 15) is 0 Å². The van der Waals surface area contributed by atoms with Crippen molar-refractivity contribution in [3.63, 3.8) is 0 Å². The fraction of sp³-hybridized carbons (Fsp3) is 0.300. The van der Waals surface area contributed by atoms with Gasteiger partial charge in [-0.05, 0) is 0 Å². The number of benzene rings is 2. The molecule has 0 amide bonds. The maximum absolute atomic E-state index is 5.85. The Labute approximate surface area is 147 Å². The van der Waals surface area contributed by atoms with Gasteiger partial charge in [-0.1, -0.05) is 0 Å². The van der Waals surface area contributed by atoms with Crippen LogP contribution < -0.4 is 4.46 Å². The normalized spacial score (nSPS) is 10.9. The fourth-order valence-corrected chi connectivity index (χ4v) is 4.29. The number of rotatable bonds is 6. The van der Waals surface area contributed by atoms with Crippen molar-refractivity contribution >= 4 is 27.5 Å². The minimum absolute atomic E-state index is 0.321. The fourth-order valence-electron chi connectivity index (χ4n) is 1.90. The molecule has 23 heavy (non-hydrogen) atoms. The summed E-state index contributed by atoms with van der Waals surface area (Å²) >= 11 is 0.321. The van der Waals surface area contributed by atoms with Crippen molar-refractivity contribution in [2.24, 2.45) is 0 Å². The quantitative estimate of drug-likeness (QED) is 0.417. The van der Waals surface area contributed by atoms with E-state index < -0.39 is 8.07 Å². The van der Waals surface area contributed by atoms with Crippen molar-refractivity contribution < 1.29 is 4.74 Å². The molecule has 0 fully saturated rings. The molecule has 0 spiro atoms. The molecule has 0 aliphatic rings. The van der Waals surface area contributed by atoms with E-state index >= 15 is 0 Å². The van der Waals surface area contributed by atoms with E-state index in [1.165, 1.54) is 10.5 Å². The van der Waals surface area contributed by atoms with Gasteiger partial charge in [0.1, 0.15) is 0 Å². The van der Waals surface area contributed by atoms with E-state index in [0.717, 1.165) is 23.2 Å². The van der Waals surface area contributed by atoms with Crippen LogP contribution >= 0.6 is 0 Å². The second kappa shape index (κ2) is 9.10. The second-order valence-corrected chi connectivity index (χ2v) is 14.2. The van der Waals surface area contributed by atoms with E-state index in [4.69, 9.17) is 4.74 Å². The van der Waals surface area contributed by atoms with Gasteiger partial charge in [-0.3, -0.25) is 0 Å². The molecule has 0 heterocycles. The van der Waals surface area contributed by atoms with Crippen molar-refractivity contribution in [3.8, 4) is 11.8 Å². The number of ether oxygens (including phenoxy) is 1. The van der Waals surface area contributed by atoms with Gasteiger partial charge in [0.15, 0.2) is 0 Å². The summed E-state index contributed by atoms with van der Waals surface area (Å²) in [4.78, 5) is 0. The monoisotopic (exact) mass is 388 g/mol.